The Kier molecular flexibility index (Phi) is 6.26. The molecule has 0 aromatic heterocycles. The van der Waals surface area contributed by atoms with Gasteiger partial charge in [0.25, 0.3) is 0 Å². The summed E-state index contributed by atoms with van der Waals surface area (Å²) in [5, 5.41) is 3.38. The molecule has 1 aliphatic rings. The van der Waals surface area contributed by atoms with Gasteiger partial charge >= 0.3 is 0 Å². The molecule has 1 rings (SSSR count). The van der Waals surface area contributed by atoms with Gasteiger partial charge in [-0.1, -0.05) is 26.7 Å². The maximum atomic E-state index is 5.97. The van der Waals surface area contributed by atoms with Crippen LogP contribution in [0.1, 0.15) is 52.4 Å². The van der Waals surface area contributed by atoms with E-state index in [1.165, 1.54) is 38.5 Å². The smallest absolute Gasteiger partial charge is 0.0727 e. The molecule has 2 nitrogen and oxygen atoms in total. The molecule has 0 radical (unpaired) electrons. The third-order valence-corrected chi connectivity index (χ3v) is 3.33. The lowest BCUT2D eigenvalue weighted by molar-refractivity contribution is 0.00459. The van der Waals surface area contributed by atoms with Crippen molar-refractivity contribution in [1.29, 1.82) is 0 Å². The van der Waals surface area contributed by atoms with Crippen LogP contribution < -0.4 is 5.32 Å². The van der Waals surface area contributed by atoms with Crippen LogP contribution in [-0.2, 0) is 4.74 Å². The minimum absolute atomic E-state index is 0.468. The standard InChI is InChI=1S/C13H27NO/c1-11(2)7-6-10-15-13-9-5-4-8-12(13)14-3/h11-14H,4-10H2,1-3H3. The maximum Gasteiger partial charge on any atom is 0.0727 e. The fraction of sp³-hybridized carbons (Fsp3) is 1.00. The van der Waals surface area contributed by atoms with Crippen molar-refractivity contribution in [3.63, 3.8) is 0 Å². The van der Waals surface area contributed by atoms with Gasteiger partial charge in [-0.3, -0.25) is 0 Å². The first kappa shape index (κ1) is 13.0. The van der Waals surface area contributed by atoms with E-state index < -0.39 is 0 Å². The fourth-order valence-corrected chi connectivity index (χ4v) is 2.35. The van der Waals surface area contributed by atoms with Crippen molar-refractivity contribution < 1.29 is 4.74 Å². The lowest BCUT2D eigenvalue weighted by Gasteiger charge is -2.31. The van der Waals surface area contributed by atoms with Crippen molar-refractivity contribution in [3.05, 3.63) is 0 Å². The zero-order chi connectivity index (χ0) is 11.1. The van der Waals surface area contributed by atoms with Gasteiger partial charge in [0.05, 0.1) is 6.10 Å². The second-order valence-corrected chi connectivity index (χ2v) is 5.12. The van der Waals surface area contributed by atoms with Crippen molar-refractivity contribution in [2.75, 3.05) is 13.7 Å². The Balaban J connectivity index is 2.12. The Labute approximate surface area is 94.8 Å². The van der Waals surface area contributed by atoms with Crippen LogP contribution >= 0.6 is 0 Å². The Morgan fingerprint density at radius 3 is 2.67 bits per heavy atom. The summed E-state index contributed by atoms with van der Waals surface area (Å²) in [4.78, 5) is 0. The van der Waals surface area contributed by atoms with Crippen LogP contribution in [-0.4, -0.2) is 25.8 Å². The Morgan fingerprint density at radius 2 is 2.00 bits per heavy atom. The highest BCUT2D eigenvalue weighted by atomic mass is 16.5. The molecular weight excluding hydrogens is 186 g/mol. The molecule has 0 aromatic rings. The monoisotopic (exact) mass is 213 g/mol. The van der Waals surface area contributed by atoms with E-state index in [0.717, 1.165) is 12.5 Å². The van der Waals surface area contributed by atoms with Gasteiger partial charge in [-0.05, 0) is 38.6 Å². The van der Waals surface area contributed by atoms with E-state index in [-0.39, 0.29) is 0 Å². The first-order valence-corrected chi connectivity index (χ1v) is 6.53. The van der Waals surface area contributed by atoms with E-state index in [2.05, 4.69) is 26.2 Å². The van der Waals surface area contributed by atoms with Gasteiger partial charge in [-0.2, -0.15) is 0 Å². The summed E-state index contributed by atoms with van der Waals surface area (Å²) < 4.78 is 5.97. The summed E-state index contributed by atoms with van der Waals surface area (Å²) in [6.07, 6.45) is 8.20. The average molecular weight is 213 g/mol. The van der Waals surface area contributed by atoms with Gasteiger partial charge in [0.2, 0.25) is 0 Å². The van der Waals surface area contributed by atoms with Gasteiger partial charge in [-0.25, -0.2) is 0 Å². The first-order chi connectivity index (χ1) is 7.24. The van der Waals surface area contributed by atoms with Gasteiger partial charge < -0.3 is 10.1 Å². The minimum atomic E-state index is 0.468. The lowest BCUT2D eigenvalue weighted by Crippen LogP contribution is -2.41. The van der Waals surface area contributed by atoms with Gasteiger partial charge in [0, 0.05) is 12.6 Å². The van der Waals surface area contributed by atoms with Crippen molar-refractivity contribution in [1.82, 2.24) is 5.32 Å². The molecule has 0 saturated heterocycles. The van der Waals surface area contributed by atoms with Crippen LogP contribution in [0.15, 0.2) is 0 Å². The van der Waals surface area contributed by atoms with E-state index in [1.54, 1.807) is 0 Å². The molecule has 15 heavy (non-hydrogen) atoms. The molecule has 0 bridgehead atoms. The van der Waals surface area contributed by atoms with Gasteiger partial charge in [-0.15, -0.1) is 0 Å². The number of ether oxygens (including phenoxy) is 1. The van der Waals surface area contributed by atoms with E-state index >= 15 is 0 Å². The Morgan fingerprint density at radius 1 is 1.27 bits per heavy atom. The normalized spacial score (nSPS) is 27.2. The van der Waals surface area contributed by atoms with Crippen LogP contribution in [0.2, 0.25) is 0 Å². The quantitative estimate of drug-likeness (QED) is 0.685. The summed E-state index contributed by atoms with van der Waals surface area (Å²) in [7, 11) is 2.06. The molecule has 1 saturated carbocycles. The average Bonchev–Trinajstić information content (AvgIpc) is 2.24. The molecule has 1 fully saturated rings. The summed E-state index contributed by atoms with van der Waals surface area (Å²) in [6.45, 7) is 5.50. The number of hydrogen-bond donors (Lipinski definition) is 1. The van der Waals surface area contributed by atoms with Gasteiger partial charge in [0.1, 0.15) is 0 Å². The van der Waals surface area contributed by atoms with Crippen LogP contribution in [0.5, 0.6) is 0 Å². The Hall–Kier alpha value is -0.0800. The Bertz CT molecular complexity index is 159. The first-order valence-electron chi connectivity index (χ1n) is 6.53. The summed E-state index contributed by atoms with van der Waals surface area (Å²) >= 11 is 0. The summed E-state index contributed by atoms with van der Waals surface area (Å²) in [6, 6.07) is 0.595. The van der Waals surface area contributed by atoms with Crippen LogP contribution in [0.4, 0.5) is 0 Å². The zero-order valence-corrected chi connectivity index (χ0v) is 10.6. The predicted octanol–water partition coefficient (Wildman–Crippen LogP) is 2.97. The highest BCUT2D eigenvalue weighted by molar-refractivity contribution is 4.80. The number of hydrogen-bond acceptors (Lipinski definition) is 2. The molecule has 2 heteroatoms. The zero-order valence-electron chi connectivity index (χ0n) is 10.6. The molecule has 90 valence electrons. The maximum absolute atomic E-state index is 5.97. The molecular formula is C13H27NO. The number of likely N-dealkylation sites (N-methyl/N-ethyl adjacent to an activating group) is 1. The second kappa shape index (κ2) is 7.24. The lowest BCUT2D eigenvalue weighted by atomic mass is 9.92. The molecule has 0 aliphatic heterocycles. The summed E-state index contributed by atoms with van der Waals surface area (Å²) in [5.74, 6) is 0.806. The van der Waals surface area contributed by atoms with Gasteiger partial charge in [0.15, 0.2) is 0 Å². The minimum Gasteiger partial charge on any atom is -0.377 e. The largest absolute Gasteiger partial charge is 0.377 e. The molecule has 2 unspecified atom stereocenters. The number of nitrogens with one attached hydrogen (secondary N) is 1. The molecule has 0 heterocycles. The molecule has 0 spiro atoms. The van der Waals surface area contributed by atoms with E-state index in [9.17, 15) is 0 Å². The highest BCUT2D eigenvalue weighted by Crippen LogP contribution is 2.21. The third-order valence-electron chi connectivity index (χ3n) is 3.33. The molecule has 1 aliphatic carbocycles. The fourth-order valence-electron chi connectivity index (χ4n) is 2.35. The molecule has 0 aromatic carbocycles. The van der Waals surface area contributed by atoms with Crippen LogP contribution in [0.3, 0.4) is 0 Å². The highest BCUT2D eigenvalue weighted by Gasteiger charge is 2.23. The topological polar surface area (TPSA) is 21.3 Å². The van der Waals surface area contributed by atoms with Crippen molar-refractivity contribution in [3.8, 4) is 0 Å². The van der Waals surface area contributed by atoms with Crippen molar-refractivity contribution in [2.45, 2.75) is 64.5 Å². The van der Waals surface area contributed by atoms with Crippen LogP contribution in [0, 0.1) is 5.92 Å². The third kappa shape index (κ3) is 4.98. The summed E-state index contributed by atoms with van der Waals surface area (Å²) in [5.41, 5.74) is 0. The SMILES string of the molecule is CNC1CCCCC1OCCCC(C)C. The molecule has 0 amide bonds. The second-order valence-electron chi connectivity index (χ2n) is 5.12. The van der Waals surface area contributed by atoms with E-state index in [1.807, 2.05) is 0 Å². The van der Waals surface area contributed by atoms with E-state index in [4.69, 9.17) is 4.74 Å². The van der Waals surface area contributed by atoms with Crippen molar-refractivity contribution >= 4 is 0 Å². The van der Waals surface area contributed by atoms with E-state index in [0.29, 0.717) is 12.1 Å². The van der Waals surface area contributed by atoms with Crippen LogP contribution in [0.25, 0.3) is 0 Å². The molecule has 1 N–H and O–H groups in total. The molecule has 2 atom stereocenters. The predicted molar refractivity (Wildman–Crippen MR) is 65.1 cm³/mol. The van der Waals surface area contributed by atoms with Crippen molar-refractivity contribution in [2.24, 2.45) is 5.92 Å². The number of rotatable bonds is 6.